The summed E-state index contributed by atoms with van der Waals surface area (Å²) in [5, 5.41) is 19.3. The van der Waals surface area contributed by atoms with Gasteiger partial charge in [0.2, 0.25) is 5.91 Å². The predicted octanol–water partition coefficient (Wildman–Crippen LogP) is -1.76. The zero-order valence-corrected chi connectivity index (χ0v) is 8.58. The van der Waals surface area contributed by atoms with E-state index in [0.29, 0.717) is 5.75 Å². The van der Waals surface area contributed by atoms with Crippen LogP contribution in [0.5, 0.6) is 0 Å². The Morgan fingerprint density at radius 3 is 2.50 bits per heavy atom. The summed E-state index contributed by atoms with van der Waals surface area (Å²) in [7, 11) is 0. The summed E-state index contributed by atoms with van der Waals surface area (Å²) in [6.07, 6.45) is 1.79. The number of carbonyl (C=O) groups excluding carboxylic acids is 1. The molecule has 0 heterocycles. The first-order valence-electron chi connectivity index (χ1n) is 3.91. The van der Waals surface area contributed by atoms with Crippen LogP contribution in [0.25, 0.3) is 0 Å². The maximum Gasteiger partial charge on any atom is 0.328 e. The molecule has 0 bridgehead atoms. The van der Waals surface area contributed by atoms with Crippen LogP contribution in [-0.2, 0) is 9.59 Å². The number of carbonyl (C=O) groups is 2. The Morgan fingerprint density at radius 2 is 2.14 bits per heavy atom. The molecule has 0 aliphatic heterocycles. The first kappa shape index (κ1) is 13.2. The summed E-state index contributed by atoms with van der Waals surface area (Å²) in [6.45, 7) is -0.646. The third-order valence-corrected chi connectivity index (χ3v) is 2.17. The van der Waals surface area contributed by atoms with E-state index in [-0.39, 0.29) is 0 Å². The summed E-state index contributed by atoms with van der Waals surface area (Å²) in [5.41, 5.74) is 5.42. The van der Waals surface area contributed by atoms with Gasteiger partial charge in [-0.2, -0.15) is 11.8 Å². The third kappa shape index (κ3) is 4.45. The van der Waals surface area contributed by atoms with Gasteiger partial charge >= 0.3 is 5.97 Å². The number of nitrogens with two attached hydrogens (primary N) is 1. The van der Waals surface area contributed by atoms with E-state index in [1.165, 1.54) is 11.8 Å². The van der Waals surface area contributed by atoms with Crippen LogP contribution in [0.3, 0.4) is 0 Å². The Labute approximate surface area is 85.9 Å². The van der Waals surface area contributed by atoms with Crippen LogP contribution < -0.4 is 11.1 Å². The third-order valence-electron chi connectivity index (χ3n) is 1.48. The molecule has 14 heavy (non-hydrogen) atoms. The molecule has 82 valence electrons. The molecule has 0 saturated carbocycles. The van der Waals surface area contributed by atoms with Gasteiger partial charge in [-0.05, 0) is 6.26 Å². The monoisotopic (exact) mass is 222 g/mol. The molecule has 0 aromatic rings. The first-order chi connectivity index (χ1) is 6.52. The topological polar surface area (TPSA) is 113 Å². The van der Waals surface area contributed by atoms with E-state index in [4.69, 9.17) is 15.9 Å². The average molecular weight is 222 g/mol. The fourth-order valence-corrected chi connectivity index (χ4v) is 1.23. The fourth-order valence-electron chi connectivity index (χ4n) is 0.719. The Balaban J connectivity index is 4.08. The number of amides is 1. The standard InChI is InChI=1S/C7H14N2O4S/c1-14-3-4(8)6(11)9-5(2-10)7(12)13/h4-5,10H,2-3,8H2,1H3,(H,9,11)(H,12,13). The number of carboxylic acid groups (broad SMARTS) is 1. The number of nitrogens with one attached hydrogen (secondary N) is 1. The Hall–Kier alpha value is -0.790. The van der Waals surface area contributed by atoms with E-state index in [0.717, 1.165) is 0 Å². The molecule has 7 heteroatoms. The van der Waals surface area contributed by atoms with E-state index in [1.807, 2.05) is 0 Å². The molecule has 2 unspecified atom stereocenters. The molecule has 2 atom stereocenters. The minimum absolute atomic E-state index is 0.406. The number of hydrogen-bond acceptors (Lipinski definition) is 5. The second-order valence-corrected chi connectivity index (χ2v) is 3.55. The van der Waals surface area contributed by atoms with Crippen LogP contribution in [0, 0.1) is 0 Å². The smallest absolute Gasteiger partial charge is 0.328 e. The molecule has 0 spiro atoms. The van der Waals surface area contributed by atoms with Crippen molar-refractivity contribution in [3.8, 4) is 0 Å². The van der Waals surface area contributed by atoms with Gasteiger partial charge in [0, 0.05) is 5.75 Å². The second-order valence-electron chi connectivity index (χ2n) is 2.64. The van der Waals surface area contributed by atoms with Gasteiger partial charge in [-0.3, -0.25) is 4.79 Å². The SMILES string of the molecule is CSCC(N)C(=O)NC(CO)C(=O)O. The van der Waals surface area contributed by atoms with Crippen LogP contribution in [0.2, 0.25) is 0 Å². The summed E-state index contributed by atoms with van der Waals surface area (Å²) in [5.74, 6) is -1.44. The minimum atomic E-state index is -1.28. The van der Waals surface area contributed by atoms with E-state index in [9.17, 15) is 9.59 Å². The van der Waals surface area contributed by atoms with Crippen molar-refractivity contribution in [2.75, 3.05) is 18.6 Å². The summed E-state index contributed by atoms with van der Waals surface area (Å²) in [4.78, 5) is 21.6. The second kappa shape index (κ2) is 6.63. The highest BCUT2D eigenvalue weighted by Gasteiger charge is 2.21. The van der Waals surface area contributed by atoms with Gasteiger partial charge in [0.05, 0.1) is 12.6 Å². The van der Waals surface area contributed by atoms with Gasteiger partial charge in [-0.15, -0.1) is 0 Å². The quantitative estimate of drug-likeness (QED) is 0.423. The van der Waals surface area contributed by atoms with Gasteiger partial charge in [-0.25, -0.2) is 4.79 Å². The maximum atomic E-state index is 11.2. The minimum Gasteiger partial charge on any atom is -0.480 e. The molecule has 0 aliphatic rings. The lowest BCUT2D eigenvalue weighted by Crippen LogP contribution is -2.50. The van der Waals surface area contributed by atoms with E-state index >= 15 is 0 Å². The number of thioether (sulfide) groups is 1. The number of rotatable bonds is 6. The normalized spacial score (nSPS) is 14.5. The molecule has 0 aromatic carbocycles. The zero-order valence-electron chi connectivity index (χ0n) is 7.77. The highest BCUT2D eigenvalue weighted by atomic mass is 32.2. The van der Waals surface area contributed by atoms with Gasteiger partial charge in [0.15, 0.2) is 0 Å². The summed E-state index contributed by atoms with van der Waals surface area (Å²) < 4.78 is 0. The molecular weight excluding hydrogens is 208 g/mol. The number of aliphatic hydroxyl groups excluding tert-OH is 1. The molecule has 0 aromatic heterocycles. The van der Waals surface area contributed by atoms with E-state index < -0.39 is 30.6 Å². The molecule has 0 aliphatic carbocycles. The van der Waals surface area contributed by atoms with Crippen LogP contribution in [-0.4, -0.2) is 52.8 Å². The highest BCUT2D eigenvalue weighted by Crippen LogP contribution is 1.95. The number of carboxylic acids is 1. The Morgan fingerprint density at radius 1 is 1.57 bits per heavy atom. The van der Waals surface area contributed by atoms with Crippen molar-refractivity contribution in [1.82, 2.24) is 5.32 Å². The van der Waals surface area contributed by atoms with Crippen LogP contribution in [0.1, 0.15) is 0 Å². The van der Waals surface area contributed by atoms with Gasteiger partial charge in [0.1, 0.15) is 6.04 Å². The van der Waals surface area contributed by atoms with E-state index in [1.54, 1.807) is 6.26 Å². The van der Waals surface area contributed by atoms with E-state index in [2.05, 4.69) is 5.32 Å². The van der Waals surface area contributed by atoms with Crippen molar-refractivity contribution in [3.05, 3.63) is 0 Å². The lowest BCUT2D eigenvalue weighted by Gasteiger charge is -2.15. The number of hydrogen-bond donors (Lipinski definition) is 4. The fraction of sp³-hybridized carbons (Fsp3) is 0.714. The lowest BCUT2D eigenvalue weighted by molar-refractivity contribution is -0.143. The molecule has 5 N–H and O–H groups in total. The Bertz CT molecular complexity index is 212. The van der Waals surface area contributed by atoms with Gasteiger partial charge in [0.25, 0.3) is 0 Å². The van der Waals surface area contributed by atoms with Crippen LogP contribution in [0.4, 0.5) is 0 Å². The molecule has 1 amide bonds. The zero-order chi connectivity index (χ0) is 11.1. The molecule has 6 nitrogen and oxygen atoms in total. The summed E-state index contributed by atoms with van der Waals surface area (Å²) in [6, 6.07) is -2.03. The Kier molecular flexibility index (Phi) is 6.26. The number of aliphatic hydroxyl groups is 1. The molecule has 0 saturated heterocycles. The molecule has 0 radical (unpaired) electrons. The van der Waals surface area contributed by atoms with Crippen molar-refractivity contribution < 1.29 is 19.8 Å². The molecule has 0 fully saturated rings. The van der Waals surface area contributed by atoms with Gasteiger partial charge < -0.3 is 21.3 Å². The highest BCUT2D eigenvalue weighted by molar-refractivity contribution is 7.98. The lowest BCUT2D eigenvalue weighted by atomic mass is 10.2. The maximum absolute atomic E-state index is 11.2. The molecule has 0 rings (SSSR count). The average Bonchev–Trinajstić information content (AvgIpc) is 2.13. The van der Waals surface area contributed by atoms with Gasteiger partial charge in [-0.1, -0.05) is 0 Å². The largest absolute Gasteiger partial charge is 0.480 e. The molecular formula is C7H14N2O4S. The van der Waals surface area contributed by atoms with Crippen LogP contribution in [0.15, 0.2) is 0 Å². The van der Waals surface area contributed by atoms with Crippen molar-refractivity contribution in [2.24, 2.45) is 5.73 Å². The van der Waals surface area contributed by atoms with Crippen molar-refractivity contribution in [2.45, 2.75) is 12.1 Å². The van der Waals surface area contributed by atoms with Crippen molar-refractivity contribution >= 4 is 23.6 Å². The van der Waals surface area contributed by atoms with Crippen molar-refractivity contribution in [1.29, 1.82) is 0 Å². The van der Waals surface area contributed by atoms with Crippen molar-refractivity contribution in [3.63, 3.8) is 0 Å². The summed E-state index contributed by atoms with van der Waals surface area (Å²) >= 11 is 1.39. The number of aliphatic carboxylic acids is 1. The first-order valence-corrected chi connectivity index (χ1v) is 5.30. The van der Waals surface area contributed by atoms with Crippen LogP contribution >= 0.6 is 11.8 Å². The predicted molar refractivity (Wildman–Crippen MR) is 53.0 cm³/mol.